The van der Waals surface area contributed by atoms with E-state index in [1.54, 1.807) is 6.92 Å². The molecule has 1 unspecified atom stereocenters. The SMILES string of the molecule is CCOC(=O)C(C)(N)CCOc1cccc(F)c1F. The number of carbonyl (C=O) groups excluding carboxylic acids is 1. The Balaban J connectivity index is 2.54. The average Bonchev–Trinajstić information content (AvgIpc) is 2.34. The van der Waals surface area contributed by atoms with Crippen molar-refractivity contribution in [2.24, 2.45) is 5.73 Å². The summed E-state index contributed by atoms with van der Waals surface area (Å²) in [7, 11) is 0. The lowest BCUT2D eigenvalue weighted by atomic mass is 10.0. The van der Waals surface area contributed by atoms with Crippen molar-refractivity contribution < 1.29 is 23.0 Å². The molecule has 1 atom stereocenters. The lowest BCUT2D eigenvalue weighted by Crippen LogP contribution is -2.47. The molecule has 1 aromatic carbocycles. The maximum absolute atomic E-state index is 13.3. The van der Waals surface area contributed by atoms with Gasteiger partial charge in [0.15, 0.2) is 11.6 Å². The van der Waals surface area contributed by atoms with Crippen LogP contribution in [0.15, 0.2) is 18.2 Å². The molecule has 0 aromatic heterocycles. The van der Waals surface area contributed by atoms with Gasteiger partial charge in [-0.3, -0.25) is 4.79 Å². The minimum Gasteiger partial charge on any atom is -0.490 e. The van der Waals surface area contributed by atoms with Crippen molar-refractivity contribution in [3.63, 3.8) is 0 Å². The summed E-state index contributed by atoms with van der Waals surface area (Å²) in [5, 5.41) is 0. The molecule has 0 aliphatic heterocycles. The van der Waals surface area contributed by atoms with Crippen LogP contribution in [0, 0.1) is 11.6 Å². The van der Waals surface area contributed by atoms with E-state index in [2.05, 4.69) is 0 Å². The second-order valence-corrected chi connectivity index (χ2v) is 4.29. The molecule has 6 heteroatoms. The van der Waals surface area contributed by atoms with E-state index in [9.17, 15) is 13.6 Å². The van der Waals surface area contributed by atoms with Crippen LogP contribution in [-0.4, -0.2) is 24.7 Å². The highest BCUT2D eigenvalue weighted by Gasteiger charge is 2.29. The monoisotopic (exact) mass is 273 g/mol. The van der Waals surface area contributed by atoms with E-state index < -0.39 is 23.1 Å². The lowest BCUT2D eigenvalue weighted by Gasteiger charge is -2.22. The zero-order valence-corrected chi connectivity index (χ0v) is 10.9. The summed E-state index contributed by atoms with van der Waals surface area (Å²) in [6.07, 6.45) is 0.127. The van der Waals surface area contributed by atoms with Crippen LogP contribution >= 0.6 is 0 Å². The fourth-order valence-electron chi connectivity index (χ4n) is 1.37. The summed E-state index contributed by atoms with van der Waals surface area (Å²) in [6, 6.07) is 3.63. The third-order valence-corrected chi connectivity index (χ3v) is 2.54. The number of nitrogens with two attached hydrogens (primary N) is 1. The Morgan fingerprint density at radius 2 is 2.11 bits per heavy atom. The Morgan fingerprint density at radius 1 is 1.42 bits per heavy atom. The topological polar surface area (TPSA) is 61.5 Å². The van der Waals surface area contributed by atoms with Crippen LogP contribution in [0.3, 0.4) is 0 Å². The van der Waals surface area contributed by atoms with Crippen molar-refractivity contribution in [3.05, 3.63) is 29.8 Å². The van der Waals surface area contributed by atoms with Crippen molar-refractivity contribution in [2.45, 2.75) is 25.8 Å². The van der Waals surface area contributed by atoms with Crippen LogP contribution in [0.2, 0.25) is 0 Å². The van der Waals surface area contributed by atoms with Crippen LogP contribution in [-0.2, 0) is 9.53 Å². The maximum atomic E-state index is 13.3. The third-order valence-electron chi connectivity index (χ3n) is 2.54. The van der Waals surface area contributed by atoms with Gasteiger partial charge in [-0.1, -0.05) is 6.07 Å². The summed E-state index contributed by atoms with van der Waals surface area (Å²) in [5.41, 5.74) is 4.53. The highest BCUT2D eigenvalue weighted by Crippen LogP contribution is 2.20. The van der Waals surface area contributed by atoms with Gasteiger partial charge in [-0.2, -0.15) is 4.39 Å². The van der Waals surface area contributed by atoms with Gasteiger partial charge in [0, 0.05) is 6.42 Å². The molecule has 0 radical (unpaired) electrons. The molecule has 0 spiro atoms. The Kier molecular flexibility index (Phi) is 5.23. The van der Waals surface area contributed by atoms with Gasteiger partial charge in [-0.25, -0.2) is 4.39 Å². The third kappa shape index (κ3) is 4.17. The summed E-state index contributed by atoms with van der Waals surface area (Å²) < 4.78 is 36.1. The molecule has 106 valence electrons. The van der Waals surface area contributed by atoms with Gasteiger partial charge in [0.25, 0.3) is 0 Å². The van der Waals surface area contributed by atoms with Gasteiger partial charge in [-0.15, -0.1) is 0 Å². The van der Waals surface area contributed by atoms with Crippen molar-refractivity contribution in [2.75, 3.05) is 13.2 Å². The number of ether oxygens (including phenoxy) is 2. The highest BCUT2D eigenvalue weighted by atomic mass is 19.2. The number of rotatable bonds is 6. The quantitative estimate of drug-likeness (QED) is 0.805. The Hall–Kier alpha value is -1.69. The Morgan fingerprint density at radius 3 is 2.74 bits per heavy atom. The number of carbonyl (C=O) groups is 1. The van der Waals surface area contributed by atoms with E-state index in [0.717, 1.165) is 6.07 Å². The molecule has 4 nitrogen and oxygen atoms in total. The lowest BCUT2D eigenvalue weighted by molar-refractivity contribution is -0.149. The standard InChI is InChI=1S/C13H17F2NO3/c1-3-18-12(17)13(2,16)7-8-19-10-6-4-5-9(14)11(10)15/h4-6H,3,7-8,16H2,1-2H3. The van der Waals surface area contributed by atoms with Gasteiger partial charge >= 0.3 is 5.97 Å². The molecule has 0 aliphatic carbocycles. The first kappa shape index (κ1) is 15.4. The van der Waals surface area contributed by atoms with E-state index >= 15 is 0 Å². The fraction of sp³-hybridized carbons (Fsp3) is 0.462. The molecule has 0 fully saturated rings. The van der Waals surface area contributed by atoms with E-state index in [0.29, 0.717) is 0 Å². The normalized spacial score (nSPS) is 13.7. The van der Waals surface area contributed by atoms with Crippen molar-refractivity contribution >= 4 is 5.97 Å². The van der Waals surface area contributed by atoms with Crippen LogP contribution in [0.5, 0.6) is 5.75 Å². The van der Waals surface area contributed by atoms with E-state index in [-0.39, 0.29) is 25.4 Å². The number of esters is 1. The predicted octanol–water partition coefficient (Wildman–Crippen LogP) is 2.01. The van der Waals surface area contributed by atoms with Crippen LogP contribution < -0.4 is 10.5 Å². The summed E-state index contributed by atoms with van der Waals surface area (Å²) in [5.74, 6) is -2.81. The van der Waals surface area contributed by atoms with Gasteiger partial charge in [0.05, 0.1) is 13.2 Å². The molecular weight excluding hydrogens is 256 g/mol. The predicted molar refractivity (Wildman–Crippen MR) is 65.7 cm³/mol. The van der Waals surface area contributed by atoms with Crippen molar-refractivity contribution in [1.29, 1.82) is 0 Å². The van der Waals surface area contributed by atoms with Crippen LogP contribution in [0.1, 0.15) is 20.3 Å². The first-order chi connectivity index (χ1) is 8.88. The number of hydrogen-bond donors (Lipinski definition) is 1. The molecule has 0 heterocycles. The minimum atomic E-state index is -1.22. The van der Waals surface area contributed by atoms with E-state index in [1.165, 1.54) is 19.1 Å². The van der Waals surface area contributed by atoms with Gasteiger partial charge in [0.2, 0.25) is 5.82 Å². The van der Waals surface area contributed by atoms with Gasteiger partial charge in [0.1, 0.15) is 5.54 Å². The largest absolute Gasteiger partial charge is 0.490 e. The van der Waals surface area contributed by atoms with Crippen molar-refractivity contribution in [3.8, 4) is 5.75 Å². The molecule has 0 saturated carbocycles. The number of benzene rings is 1. The van der Waals surface area contributed by atoms with E-state index in [4.69, 9.17) is 15.2 Å². The van der Waals surface area contributed by atoms with Gasteiger partial charge in [-0.05, 0) is 26.0 Å². The molecular formula is C13H17F2NO3. The highest BCUT2D eigenvalue weighted by molar-refractivity contribution is 5.79. The smallest absolute Gasteiger partial charge is 0.325 e. The summed E-state index contributed by atoms with van der Waals surface area (Å²) in [6.45, 7) is 3.38. The first-order valence-electron chi connectivity index (χ1n) is 5.91. The van der Waals surface area contributed by atoms with Crippen LogP contribution in [0.4, 0.5) is 8.78 Å². The molecule has 0 aliphatic rings. The minimum absolute atomic E-state index is 0.0216. The maximum Gasteiger partial charge on any atom is 0.325 e. The Labute approximate surface area is 110 Å². The average molecular weight is 273 g/mol. The molecule has 1 aromatic rings. The summed E-state index contributed by atoms with van der Waals surface area (Å²) >= 11 is 0. The van der Waals surface area contributed by atoms with E-state index in [1.807, 2.05) is 0 Å². The molecule has 0 amide bonds. The Bertz CT molecular complexity index is 450. The zero-order chi connectivity index (χ0) is 14.5. The molecule has 2 N–H and O–H groups in total. The second kappa shape index (κ2) is 6.47. The first-order valence-corrected chi connectivity index (χ1v) is 5.91. The molecule has 1 rings (SSSR count). The second-order valence-electron chi connectivity index (χ2n) is 4.29. The van der Waals surface area contributed by atoms with Crippen LogP contribution in [0.25, 0.3) is 0 Å². The molecule has 0 bridgehead atoms. The van der Waals surface area contributed by atoms with Gasteiger partial charge < -0.3 is 15.2 Å². The van der Waals surface area contributed by atoms with Crippen molar-refractivity contribution in [1.82, 2.24) is 0 Å². The zero-order valence-electron chi connectivity index (χ0n) is 10.9. The molecule has 0 saturated heterocycles. The fourth-order valence-corrected chi connectivity index (χ4v) is 1.37. The number of halogens is 2. The molecule has 19 heavy (non-hydrogen) atoms. The summed E-state index contributed by atoms with van der Waals surface area (Å²) in [4.78, 5) is 11.5. The number of hydrogen-bond acceptors (Lipinski definition) is 4.